The van der Waals surface area contributed by atoms with Crippen LogP contribution >= 0.6 is 24.8 Å². The van der Waals surface area contributed by atoms with Gasteiger partial charge in [-0.25, -0.2) is 4.98 Å². The number of piperazine rings is 1. The molecule has 2 aromatic carbocycles. The number of pyridine rings is 1. The quantitative estimate of drug-likeness (QED) is 0.356. The van der Waals surface area contributed by atoms with Crippen LogP contribution in [-0.4, -0.2) is 59.3 Å². The van der Waals surface area contributed by atoms with Crippen LogP contribution in [0.3, 0.4) is 0 Å². The molecule has 0 atom stereocenters. The molecule has 0 spiro atoms. The van der Waals surface area contributed by atoms with Crippen LogP contribution in [0.4, 0.5) is 5.69 Å². The molecule has 1 aliphatic rings. The van der Waals surface area contributed by atoms with Crippen LogP contribution in [0.25, 0.3) is 21.8 Å². The molecule has 1 aliphatic heterocycles. The molecule has 5 rings (SSSR count). The van der Waals surface area contributed by atoms with Crippen molar-refractivity contribution >= 4 is 52.3 Å². The molecule has 0 amide bonds. The van der Waals surface area contributed by atoms with Crippen molar-refractivity contribution in [2.75, 3.05) is 44.7 Å². The second-order valence-corrected chi connectivity index (χ2v) is 8.64. The van der Waals surface area contributed by atoms with Gasteiger partial charge in [-0.2, -0.15) is 0 Å². The Labute approximate surface area is 217 Å². The molecular weight excluding hydrogens is 485 g/mol. The molecule has 35 heavy (non-hydrogen) atoms. The summed E-state index contributed by atoms with van der Waals surface area (Å²) in [6, 6.07) is 14.2. The minimum Gasteiger partial charge on any atom is -0.495 e. The van der Waals surface area contributed by atoms with Crippen LogP contribution < -0.4 is 15.2 Å². The number of halogens is 2. The van der Waals surface area contributed by atoms with E-state index in [1.807, 2.05) is 37.3 Å². The Balaban J connectivity index is 0.00000171. The fourth-order valence-electron chi connectivity index (χ4n) is 4.65. The molecule has 186 valence electrons. The van der Waals surface area contributed by atoms with Gasteiger partial charge in [-0.05, 0) is 44.2 Å². The van der Waals surface area contributed by atoms with Crippen LogP contribution in [-0.2, 0) is 6.54 Å². The number of rotatable bonds is 6. The Hall–Kier alpha value is -2.87. The third-order valence-electron chi connectivity index (χ3n) is 6.48. The standard InChI is InChI=1S/C26H29N5O2.2ClH/c1-19-8-9-22-20(16-19)25-21(17-27-22)26(32)31(18-28-25)11-5-10-29-12-14-30(15-13-29)23-6-3-4-7-24(23)33-2;;/h3-4,6-9,16-18H,5,10-15H2,1-2H3;2*1H. The lowest BCUT2D eigenvalue weighted by molar-refractivity contribution is 0.249. The third kappa shape index (κ3) is 5.53. The molecule has 0 aliphatic carbocycles. The summed E-state index contributed by atoms with van der Waals surface area (Å²) >= 11 is 0. The van der Waals surface area contributed by atoms with Crippen molar-refractivity contribution in [2.24, 2.45) is 0 Å². The lowest BCUT2D eigenvalue weighted by atomic mass is 10.1. The fourth-order valence-corrected chi connectivity index (χ4v) is 4.65. The van der Waals surface area contributed by atoms with Gasteiger partial charge < -0.3 is 9.64 Å². The Kier molecular flexibility index (Phi) is 8.94. The molecule has 2 aromatic heterocycles. The molecule has 3 heterocycles. The van der Waals surface area contributed by atoms with E-state index in [0.29, 0.717) is 11.9 Å². The first kappa shape index (κ1) is 26.7. The minimum atomic E-state index is -0.0168. The number of benzene rings is 2. The summed E-state index contributed by atoms with van der Waals surface area (Å²) in [5.74, 6) is 0.923. The predicted octanol–water partition coefficient (Wildman–Crippen LogP) is 4.32. The van der Waals surface area contributed by atoms with Gasteiger partial charge in [0.25, 0.3) is 5.56 Å². The summed E-state index contributed by atoms with van der Waals surface area (Å²) in [5, 5.41) is 1.52. The van der Waals surface area contributed by atoms with Gasteiger partial charge in [0, 0.05) is 44.3 Å². The molecular formula is C26H31Cl2N5O2. The Morgan fingerprint density at radius 1 is 0.943 bits per heavy atom. The van der Waals surface area contributed by atoms with E-state index < -0.39 is 0 Å². The van der Waals surface area contributed by atoms with Crippen molar-refractivity contribution in [3.8, 4) is 5.75 Å². The van der Waals surface area contributed by atoms with E-state index >= 15 is 0 Å². The van der Waals surface area contributed by atoms with Crippen molar-refractivity contribution < 1.29 is 4.74 Å². The number of aryl methyl sites for hydroxylation is 2. The zero-order valence-electron chi connectivity index (χ0n) is 20.0. The van der Waals surface area contributed by atoms with E-state index in [-0.39, 0.29) is 30.4 Å². The van der Waals surface area contributed by atoms with E-state index in [1.54, 1.807) is 24.2 Å². The van der Waals surface area contributed by atoms with Crippen LogP contribution in [0.1, 0.15) is 12.0 Å². The Morgan fingerprint density at radius 3 is 2.49 bits per heavy atom. The fraction of sp³-hybridized carbons (Fsp3) is 0.346. The summed E-state index contributed by atoms with van der Waals surface area (Å²) < 4.78 is 7.23. The van der Waals surface area contributed by atoms with Crippen LogP contribution in [0, 0.1) is 6.92 Å². The number of aromatic nitrogens is 3. The monoisotopic (exact) mass is 515 g/mol. The molecule has 7 nitrogen and oxygen atoms in total. The number of methoxy groups -OCH3 is 1. The number of para-hydroxylation sites is 2. The molecule has 4 aromatic rings. The van der Waals surface area contributed by atoms with E-state index in [0.717, 1.165) is 72.6 Å². The van der Waals surface area contributed by atoms with E-state index in [1.165, 1.54) is 0 Å². The first-order chi connectivity index (χ1) is 16.1. The maximum Gasteiger partial charge on any atom is 0.262 e. The van der Waals surface area contributed by atoms with Crippen molar-refractivity contribution in [2.45, 2.75) is 19.9 Å². The summed E-state index contributed by atoms with van der Waals surface area (Å²) in [5.41, 5.74) is 3.87. The maximum atomic E-state index is 13.1. The number of fused-ring (bicyclic) bond motifs is 3. The average Bonchev–Trinajstić information content (AvgIpc) is 2.85. The second-order valence-electron chi connectivity index (χ2n) is 8.64. The Morgan fingerprint density at radius 2 is 1.71 bits per heavy atom. The zero-order valence-corrected chi connectivity index (χ0v) is 21.6. The van der Waals surface area contributed by atoms with Gasteiger partial charge in [0.2, 0.25) is 0 Å². The molecule has 0 unspecified atom stereocenters. The lowest BCUT2D eigenvalue weighted by Crippen LogP contribution is -2.46. The van der Waals surface area contributed by atoms with Gasteiger partial charge >= 0.3 is 0 Å². The molecule has 0 radical (unpaired) electrons. The minimum absolute atomic E-state index is 0. The van der Waals surface area contributed by atoms with Gasteiger partial charge in [-0.3, -0.25) is 19.2 Å². The van der Waals surface area contributed by atoms with Gasteiger partial charge in [0.15, 0.2) is 0 Å². The molecule has 1 fully saturated rings. The average molecular weight is 516 g/mol. The largest absolute Gasteiger partial charge is 0.495 e. The van der Waals surface area contributed by atoms with Gasteiger partial charge in [0.1, 0.15) is 5.75 Å². The second kappa shape index (κ2) is 11.7. The third-order valence-corrected chi connectivity index (χ3v) is 6.48. The van der Waals surface area contributed by atoms with Gasteiger partial charge in [0.05, 0.1) is 35.5 Å². The van der Waals surface area contributed by atoms with Crippen molar-refractivity contribution in [1.29, 1.82) is 0 Å². The van der Waals surface area contributed by atoms with E-state index in [9.17, 15) is 4.79 Å². The van der Waals surface area contributed by atoms with Crippen LogP contribution in [0.2, 0.25) is 0 Å². The molecule has 0 saturated carbocycles. The summed E-state index contributed by atoms with van der Waals surface area (Å²) in [7, 11) is 1.72. The van der Waals surface area contributed by atoms with Crippen molar-refractivity contribution in [3.63, 3.8) is 0 Å². The van der Waals surface area contributed by atoms with Crippen molar-refractivity contribution in [3.05, 3.63) is 70.9 Å². The van der Waals surface area contributed by atoms with E-state index in [4.69, 9.17) is 4.74 Å². The highest BCUT2D eigenvalue weighted by atomic mass is 35.5. The highest BCUT2D eigenvalue weighted by Gasteiger charge is 2.19. The number of anilines is 1. The van der Waals surface area contributed by atoms with E-state index in [2.05, 4.69) is 31.9 Å². The normalized spacial score (nSPS) is 13.9. The van der Waals surface area contributed by atoms with Gasteiger partial charge in [-0.1, -0.05) is 23.8 Å². The number of hydrogen-bond donors (Lipinski definition) is 0. The van der Waals surface area contributed by atoms with Crippen molar-refractivity contribution in [1.82, 2.24) is 19.4 Å². The summed E-state index contributed by atoms with van der Waals surface area (Å²) in [6.45, 7) is 7.58. The highest BCUT2D eigenvalue weighted by Crippen LogP contribution is 2.28. The molecule has 0 N–H and O–H groups in total. The van der Waals surface area contributed by atoms with Crippen LogP contribution in [0.15, 0.2) is 59.8 Å². The molecule has 0 bridgehead atoms. The highest BCUT2D eigenvalue weighted by molar-refractivity contribution is 6.02. The predicted molar refractivity (Wildman–Crippen MR) is 147 cm³/mol. The molecule has 1 saturated heterocycles. The number of ether oxygens (including phenoxy) is 1. The first-order valence-corrected chi connectivity index (χ1v) is 11.5. The SMILES string of the molecule is COc1ccccc1N1CCN(CCCn2cnc3c(cnc4ccc(C)cc43)c2=O)CC1.Cl.Cl. The first-order valence-electron chi connectivity index (χ1n) is 11.5. The molecule has 9 heteroatoms. The summed E-state index contributed by atoms with van der Waals surface area (Å²) in [4.78, 5) is 27.0. The topological polar surface area (TPSA) is 63.5 Å². The number of nitrogens with zero attached hydrogens (tertiary/aromatic N) is 5. The number of hydrogen-bond acceptors (Lipinski definition) is 6. The lowest BCUT2D eigenvalue weighted by Gasteiger charge is -2.36. The Bertz CT molecular complexity index is 1350. The zero-order chi connectivity index (χ0) is 22.8. The smallest absolute Gasteiger partial charge is 0.262 e. The summed E-state index contributed by atoms with van der Waals surface area (Å²) in [6.07, 6.45) is 4.25. The van der Waals surface area contributed by atoms with Crippen LogP contribution in [0.5, 0.6) is 5.75 Å². The van der Waals surface area contributed by atoms with Gasteiger partial charge in [-0.15, -0.1) is 24.8 Å². The maximum absolute atomic E-state index is 13.1.